The fraction of sp³-hybridized carbons (Fsp3) is 0.333. The second kappa shape index (κ2) is 12.8. The van der Waals surface area contributed by atoms with E-state index in [-0.39, 0.29) is 36.6 Å². The summed E-state index contributed by atoms with van der Waals surface area (Å²) in [5.74, 6) is -0.776. The van der Waals surface area contributed by atoms with E-state index in [9.17, 15) is 14.0 Å². The van der Waals surface area contributed by atoms with E-state index in [1.54, 1.807) is 23.1 Å². The van der Waals surface area contributed by atoms with Crippen molar-refractivity contribution in [2.45, 2.75) is 65.1 Å². The molecule has 0 aromatic heterocycles. The first kappa shape index (κ1) is 26.1. The number of hydrogen-bond acceptors (Lipinski definition) is 2. The Kier molecular flexibility index (Phi) is 9.59. The summed E-state index contributed by atoms with van der Waals surface area (Å²) >= 11 is 0. The molecule has 0 saturated carbocycles. The van der Waals surface area contributed by atoms with Gasteiger partial charge in [0.1, 0.15) is 11.9 Å². The Balaban J connectivity index is 1.91. The zero-order valence-corrected chi connectivity index (χ0v) is 20.8. The number of nitrogens with one attached hydrogen (secondary N) is 1. The van der Waals surface area contributed by atoms with Gasteiger partial charge in [0.25, 0.3) is 0 Å². The Bertz CT molecular complexity index is 1100. The maximum Gasteiger partial charge on any atom is 0.243 e. The lowest BCUT2D eigenvalue weighted by Crippen LogP contribution is -2.52. The van der Waals surface area contributed by atoms with E-state index in [0.29, 0.717) is 18.4 Å². The molecule has 0 fully saturated rings. The lowest BCUT2D eigenvalue weighted by atomic mass is 10.0. The molecule has 0 heterocycles. The molecule has 0 saturated heterocycles. The van der Waals surface area contributed by atoms with Crippen LogP contribution >= 0.6 is 0 Å². The number of amides is 2. The molecule has 5 heteroatoms. The van der Waals surface area contributed by atoms with E-state index in [2.05, 4.69) is 5.32 Å². The Morgan fingerprint density at radius 2 is 1.57 bits per heavy atom. The number of halogens is 1. The molecule has 3 aromatic carbocycles. The number of rotatable bonds is 11. The van der Waals surface area contributed by atoms with Crippen molar-refractivity contribution in [3.05, 3.63) is 107 Å². The van der Waals surface area contributed by atoms with Crippen LogP contribution in [0.15, 0.2) is 78.9 Å². The molecule has 2 atom stereocenters. The third-order valence-corrected chi connectivity index (χ3v) is 6.32. The number of benzene rings is 3. The first-order chi connectivity index (χ1) is 16.9. The van der Waals surface area contributed by atoms with E-state index in [1.807, 2.05) is 75.4 Å². The lowest BCUT2D eigenvalue weighted by Gasteiger charge is -2.32. The highest BCUT2D eigenvalue weighted by Crippen LogP contribution is 2.19. The molecule has 1 N–H and O–H groups in total. The van der Waals surface area contributed by atoms with Crippen LogP contribution < -0.4 is 5.32 Å². The average molecular weight is 475 g/mol. The molecule has 4 nitrogen and oxygen atoms in total. The minimum atomic E-state index is -0.753. The molecule has 0 aliphatic rings. The van der Waals surface area contributed by atoms with Crippen molar-refractivity contribution in [1.29, 1.82) is 0 Å². The highest BCUT2D eigenvalue weighted by molar-refractivity contribution is 5.88. The molecule has 3 rings (SSSR count). The van der Waals surface area contributed by atoms with E-state index in [0.717, 1.165) is 23.1 Å². The monoisotopic (exact) mass is 474 g/mol. The molecule has 3 aromatic rings. The van der Waals surface area contributed by atoms with Gasteiger partial charge in [0, 0.05) is 31.0 Å². The summed E-state index contributed by atoms with van der Waals surface area (Å²) in [6.45, 7) is 6.00. The molecule has 0 spiro atoms. The molecule has 35 heavy (non-hydrogen) atoms. The average Bonchev–Trinajstić information content (AvgIpc) is 2.87. The molecule has 0 aliphatic carbocycles. The Labute approximate surface area is 208 Å². The van der Waals surface area contributed by atoms with Crippen LogP contribution in [-0.4, -0.2) is 28.8 Å². The van der Waals surface area contributed by atoms with Gasteiger partial charge in [-0.15, -0.1) is 0 Å². The number of aryl methyl sites for hydroxylation is 2. The van der Waals surface area contributed by atoms with Gasteiger partial charge in [0.2, 0.25) is 11.8 Å². The fourth-order valence-corrected chi connectivity index (χ4v) is 3.95. The molecule has 0 radical (unpaired) electrons. The highest BCUT2D eigenvalue weighted by atomic mass is 19.1. The van der Waals surface area contributed by atoms with Crippen molar-refractivity contribution >= 4 is 11.8 Å². The van der Waals surface area contributed by atoms with Crippen molar-refractivity contribution in [1.82, 2.24) is 10.2 Å². The fourth-order valence-electron chi connectivity index (χ4n) is 3.95. The zero-order valence-electron chi connectivity index (χ0n) is 20.8. The predicted molar refractivity (Wildman–Crippen MR) is 138 cm³/mol. The van der Waals surface area contributed by atoms with E-state index < -0.39 is 6.04 Å². The van der Waals surface area contributed by atoms with E-state index in [4.69, 9.17) is 0 Å². The maximum atomic E-state index is 14.6. The van der Waals surface area contributed by atoms with Crippen molar-refractivity contribution in [2.75, 3.05) is 0 Å². The van der Waals surface area contributed by atoms with Gasteiger partial charge in [-0.05, 0) is 43.9 Å². The molecular formula is C30H35FN2O2. The maximum absolute atomic E-state index is 14.6. The van der Waals surface area contributed by atoms with E-state index in [1.165, 1.54) is 6.07 Å². The van der Waals surface area contributed by atoms with Crippen molar-refractivity contribution in [3.63, 3.8) is 0 Å². The molecular weight excluding hydrogens is 439 g/mol. The van der Waals surface area contributed by atoms with Crippen LogP contribution in [0.1, 0.15) is 48.9 Å². The van der Waals surface area contributed by atoms with Gasteiger partial charge in [0.15, 0.2) is 0 Å². The standard InChI is InChI=1S/C30H35FN2O2/c1-4-23(3)32-30(35)28(20-25-10-6-5-7-11-25)33(21-26-12-8-9-13-27(26)31)29(34)19-18-24-16-14-22(2)15-17-24/h5-17,23,28H,4,18-21H2,1-3H3,(H,32,35)/t23-,28+/m1/s1. The van der Waals surface area contributed by atoms with Gasteiger partial charge in [-0.25, -0.2) is 4.39 Å². The number of nitrogens with zero attached hydrogens (tertiary/aromatic N) is 1. The Hall–Kier alpha value is -3.47. The van der Waals surface area contributed by atoms with Crippen LogP contribution in [0.5, 0.6) is 0 Å². The van der Waals surface area contributed by atoms with Gasteiger partial charge in [-0.1, -0.05) is 85.3 Å². The first-order valence-corrected chi connectivity index (χ1v) is 12.3. The normalized spacial score (nSPS) is 12.6. The predicted octanol–water partition coefficient (Wildman–Crippen LogP) is 5.62. The topological polar surface area (TPSA) is 49.4 Å². The van der Waals surface area contributed by atoms with Gasteiger partial charge < -0.3 is 10.2 Å². The SMILES string of the molecule is CC[C@@H](C)NC(=O)[C@H](Cc1ccccc1)N(Cc1ccccc1F)C(=O)CCc1ccc(C)cc1. The Morgan fingerprint density at radius 1 is 0.914 bits per heavy atom. The third kappa shape index (κ3) is 7.78. The van der Waals surface area contributed by atoms with Crippen LogP contribution in [0.3, 0.4) is 0 Å². The Morgan fingerprint density at radius 3 is 2.23 bits per heavy atom. The second-order valence-electron chi connectivity index (χ2n) is 9.12. The molecule has 0 aliphatic heterocycles. The third-order valence-electron chi connectivity index (χ3n) is 6.32. The largest absolute Gasteiger partial charge is 0.352 e. The summed E-state index contributed by atoms with van der Waals surface area (Å²) in [6.07, 6.45) is 1.92. The van der Waals surface area contributed by atoms with Crippen molar-refractivity contribution in [2.24, 2.45) is 0 Å². The van der Waals surface area contributed by atoms with Crippen LogP contribution in [0.25, 0.3) is 0 Å². The van der Waals surface area contributed by atoms with Crippen molar-refractivity contribution < 1.29 is 14.0 Å². The van der Waals surface area contributed by atoms with Crippen LogP contribution in [-0.2, 0) is 29.0 Å². The smallest absolute Gasteiger partial charge is 0.243 e. The molecule has 0 bridgehead atoms. The van der Waals surface area contributed by atoms with Gasteiger partial charge in [-0.3, -0.25) is 9.59 Å². The first-order valence-electron chi connectivity index (χ1n) is 12.3. The molecule has 2 amide bonds. The summed E-state index contributed by atoms with van der Waals surface area (Å²) in [5.41, 5.74) is 3.55. The zero-order chi connectivity index (χ0) is 25.2. The lowest BCUT2D eigenvalue weighted by molar-refractivity contribution is -0.141. The van der Waals surface area contributed by atoms with Crippen LogP contribution in [0.2, 0.25) is 0 Å². The number of carbonyl (C=O) groups is 2. The summed E-state index contributed by atoms with van der Waals surface area (Å²) in [6, 6.07) is 23.4. The van der Waals surface area contributed by atoms with Gasteiger partial charge >= 0.3 is 0 Å². The van der Waals surface area contributed by atoms with Gasteiger partial charge in [0.05, 0.1) is 0 Å². The van der Waals surface area contributed by atoms with Crippen LogP contribution in [0, 0.1) is 12.7 Å². The van der Waals surface area contributed by atoms with Crippen LogP contribution in [0.4, 0.5) is 4.39 Å². The second-order valence-corrected chi connectivity index (χ2v) is 9.12. The molecule has 184 valence electrons. The summed E-state index contributed by atoms with van der Waals surface area (Å²) in [5, 5.41) is 3.04. The number of carbonyl (C=O) groups excluding carboxylic acids is 2. The van der Waals surface area contributed by atoms with Gasteiger partial charge in [-0.2, -0.15) is 0 Å². The minimum Gasteiger partial charge on any atom is -0.352 e. The summed E-state index contributed by atoms with van der Waals surface area (Å²) in [4.78, 5) is 28.6. The van der Waals surface area contributed by atoms with Crippen molar-refractivity contribution in [3.8, 4) is 0 Å². The minimum absolute atomic E-state index is 0.0289. The summed E-state index contributed by atoms with van der Waals surface area (Å²) < 4.78 is 14.6. The van der Waals surface area contributed by atoms with E-state index >= 15 is 0 Å². The highest BCUT2D eigenvalue weighted by Gasteiger charge is 2.31. The summed E-state index contributed by atoms with van der Waals surface area (Å²) in [7, 11) is 0. The number of hydrogen-bond donors (Lipinski definition) is 1. The molecule has 0 unspecified atom stereocenters. The quantitative estimate of drug-likeness (QED) is 0.392.